The molecular formula is C19H19F3O. The van der Waals surface area contributed by atoms with Gasteiger partial charge >= 0.3 is 6.36 Å². The van der Waals surface area contributed by atoms with Crippen molar-refractivity contribution in [1.29, 1.82) is 0 Å². The third-order valence-electron chi connectivity index (χ3n) is 4.62. The van der Waals surface area contributed by atoms with Crippen LogP contribution in [0.2, 0.25) is 0 Å². The van der Waals surface area contributed by atoms with Crippen LogP contribution in [-0.4, -0.2) is 6.36 Å². The van der Waals surface area contributed by atoms with Gasteiger partial charge < -0.3 is 4.74 Å². The second-order valence-electron chi connectivity index (χ2n) is 6.21. The van der Waals surface area contributed by atoms with Crippen LogP contribution in [0.5, 0.6) is 5.75 Å². The van der Waals surface area contributed by atoms with E-state index in [4.69, 9.17) is 0 Å². The van der Waals surface area contributed by atoms with Crippen LogP contribution in [0, 0.1) is 5.92 Å². The summed E-state index contributed by atoms with van der Waals surface area (Å²) in [4.78, 5) is 0. The summed E-state index contributed by atoms with van der Waals surface area (Å²) in [6, 6.07) is 14.3. The Morgan fingerprint density at radius 2 is 1.43 bits per heavy atom. The first kappa shape index (κ1) is 15.9. The maximum Gasteiger partial charge on any atom is 0.573 e. The molecule has 0 heterocycles. The molecule has 0 saturated heterocycles. The SMILES string of the molecule is C[C@@H]1CCC[C@@H]1c1ccc(-c2ccc(OC(F)(F)F)cc2)cc1. The average molecular weight is 320 g/mol. The number of hydrogen-bond donors (Lipinski definition) is 0. The topological polar surface area (TPSA) is 9.23 Å². The van der Waals surface area contributed by atoms with E-state index >= 15 is 0 Å². The van der Waals surface area contributed by atoms with Crippen molar-refractivity contribution in [3.8, 4) is 16.9 Å². The van der Waals surface area contributed by atoms with Crippen LogP contribution in [0.25, 0.3) is 11.1 Å². The van der Waals surface area contributed by atoms with Gasteiger partial charge in [-0.3, -0.25) is 0 Å². The minimum atomic E-state index is -4.65. The molecule has 0 aliphatic heterocycles. The molecule has 1 aliphatic carbocycles. The van der Waals surface area contributed by atoms with E-state index in [0.29, 0.717) is 5.92 Å². The van der Waals surface area contributed by atoms with Gasteiger partial charge in [0.25, 0.3) is 0 Å². The maximum absolute atomic E-state index is 12.2. The largest absolute Gasteiger partial charge is 0.573 e. The fourth-order valence-electron chi connectivity index (χ4n) is 3.41. The highest BCUT2D eigenvalue weighted by Crippen LogP contribution is 2.39. The van der Waals surface area contributed by atoms with Crippen molar-refractivity contribution in [3.63, 3.8) is 0 Å². The van der Waals surface area contributed by atoms with Gasteiger partial charge in [-0.1, -0.05) is 56.2 Å². The van der Waals surface area contributed by atoms with Crippen molar-refractivity contribution >= 4 is 0 Å². The second kappa shape index (κ2) is 6.26. The Bertz CT molecular complexity index is 644. The van der Waals surface area contributed by atoms with E-state index < -0.39 is 6.36 Å². The molecular weight excluding hydrogens is 301 g/mol. The minimum absolute atomic E-state index is 0.197. The molecule has 0 spiro atoms. The van der Waals surface area contributed by atoms with Crippen molar-refractivity contribution in [2.75, 3.05) is 0 Å². The minimum Gasteiger partial charge on any atom is -0.406 e. The van der Waals surface area contributed by atoms with E-state index in [2.05, 4.69) is 23.8 Å². The smallest absolute Gasteiger partial charge is 0.406 e. The van der Waals surface area contributed by atoms with Crippen LogP contribution in [0.4, 0.5) is 13.2 Å². The van der Waals surface area contributed by atoms with Crippen LogP contribution in [0.15, 0.2) is 48.5 Å². The highest BCUT2D eigenvalue weighted by Gasteiger charge is 2.31. The molecule has 2 aromatic carbocycles. The number of rotatable bonds is 3. The monoisotopic (exact) mass is 320 g/mol. The molecule has 1 saturated carbocycles. The molecule has 2 aromatic rings. The number of ether oxygens (including phenoxy) is 1. The summed E-state index contributed by atoms with van der Waals surface area (Å²) >= 11 is 0. The lowest BCUT2D eigenvalue weighted by molar-refractivity contribution is -0.274. The van der Waals surface area contributed by atoms with Gasteiger partial charge in [0.15, 0.2) is 0 Å². The van der Waals surface area contributed by atoms with Gasteiger partial charge in [-0.2, -0.15) is 0 Å². The molecule has 1 nitrogen and oxygen atoms in total. The Hall–Kier alpha value is -1.97. The molecule has 4 heteroatoms. The molecule has 23 heavy (non-hydrogen) atoms. The standard InChI is InChI=1S/C19H19F3O/c1-13-3-2-4-18(13)16-7-5-14(6-8-16)15-9-11-17(12-10-15)23-19(20,21)22/h5-13,18H,2-4H2,1H3/t13-,18+/m1/s1. The molecule has 1 fully saturated rings. The quantitative estimate of drug-likeness (QED) is 0.658. The van der Waals surface area contributed by atoms with Crippen molar-refractivity contribution < 1.29 is 17.9 Å². The Morgan fingerprint density at radius 1 is 0.870 bits per heavy atom. The van der Waals surface area contributed by atoms with Crippen molar-refractivity contribution in [3.05, 3.63) is 54.1 Å². The lowest BCUT2D eigenvalue weighted by Gasteiger charge is -2.16. The first-order valence-corrected chi connectivity index (χ1v) is 7.88. The molecule has 0 amide bonds. The fraction of sp³-hybridized carbons (Fsp3) is 0.368. The fourth-order valence-corrected chi connectivity index (χ4v) is 3.41. The maximum atomic E-state index is 12.2. The van der Waals surface area contributed by atoms with E-state index in [9.17, 15) is 13.2 Å². The number of benzene rings is 2. The summed E-state index contributed by atoms with van der Waals surface area (Å²) in [5.74, 6) is 1.16. The molecule has 0 aromatic heterocycles. The van der Waals surface area contributed by atoms with E-state index in [1.54, 1.807) is 12.1 Å². The van der Waals surface area contributed by atoms with Gasteiger partial charge in [0.05, 0.1) is 0 Å². The third-order valence-corrected chi connectivity index (χ3v) is 4.62. The van der Waals surface area contributed by atoms with Gasteiger partial charge in [-0.15, -0.1) is 13.2 Å². The summed E-state index contributed by atoms with van der Waals surface area (Å²) in [6.45, 7) is 2.30. The van der Waals surface area contributed by atoms with E-state index in [1.807, 2.05) is 12.1 Å². The molecule has 3 rings (SSSR count). The van der Waals surface area contributed by atoms with E-state index in [0.717, 1.165) is 17.0 Å². The summed E-state index contributed by atoms with van der Waals surface area (Å²) in [5, 5.41) is 0. The first-order chi connectivity index (χ1) is 10.9. The van der Waals surface area contributed by atoms with Crippen LogP contribution >= 0.6 is 0 Å². The zero-order chi connectivity index (χ0) is 16.4. The zero-order valence-electron chi connectivity index (χ0n) is 12.9. The van der Waals surface area contributed by atoms with E-state index in [1.165, 1.54) is 37.0 Å². The summed E-state index contributed by atoms with van der Waals surface area (Å²) in [5.41, 5.74) is 3.24. The normalized spacial score (nSPS) is 21.4. The molecule has 0 bridgehead atoms. The molecule has 2 atom stereocenters. The molecule has 0 unspecified atom stereocenters. The predicted molar refractivity (Wildman–Crippen MR) is 84.3 cm³/mol. The van der Waals surface area contributed by atoms with Crippen LogP contribution in [0.3, 0.4) is 0 Å². The first-order valence-electron chi connectivity index (χ1n) is 7.88. The van der Waals surface area contributed by atoms with Crippen LogP contribution in [0.1, 0.15) is 37.7 Å². The highest BCUT2D eigenvalue weighted by atomic mass is 19.4. The number of halogens is 3. The zero-order valence-corrected chi connectivity index (χ0v) is 12.9. The lowest BCUT2D eigenvalue weighted by Crippen LogP contribution is -2.16. The lowest BCUT2D eigenvalue weighted by atomic mass is 9.89. The Kier molecular flexibility index (Phi) is 4.33. The average Bonchev–Trinajstić information content (AvgIpc) is 2.93. The van der Waals surface area contributed by atoms with Crippen molar-refractivity contribution in [1.82, 2.24) is 0 Å². The predicted octanol–water partition coefficient (Wildman–Crippen LogP) is 6.16. The molecule has 1 aliphatic rings. The van der Waals surface area contributed by atoms with Crippen molar-refractivity contribution in [2.24, 2.45) is 5.92 Å². The van der Waals surface area contributed by atoms with Crippen LogP contribution < -0.4 is 4.74 Å². The van der Waals surface area contributed by atoms with Gasteiger partial charge in [0.2, 0.25) is 0 Å². The molecule has 0 N–H and O–H groups in total. The van der Waals surface area contributed by atoms with Gasteiger partial charge in [-0.05, 0) is 47.1 Å². The summed E-state index contributed by atoms with van der Waals surface area (Å²) < 4.78 is 40.4. The third kappa shape index (κ3) is 3.87. The van der Waals surface area contributed by atoms with Crippen LogP contribution in [-0.2, 0) is 0 Å². The van der Waals surface area contributed by atoms with Gasteiger partial charge in [0, 0.05) is 0 Å². The van der Waals surface area contributed by atoms with Gasteiger partial charge in [-0.25, -0.2) is 0 Å². The number of hydrogen-bond acceptors (Lipinski definition) is 1. The summed E-state index contributed by atoms with van der Waals surface area (Å²) in [6.07, 6.45) is -0.841. The Balaban J connectivity index is 1.74. The van der Waals surface area contributed by atoms with E-state index in [-0.39, 0.29) is 5.75 Å². The molecule has 122 valence electrons. The molecule has 0 radical (unpaired) electrons. The highest BCUT2D eigenvalue weighted by molar-refractivity contribution is 5.64. The van der Waals surface area contributed by atoms with Crippen molar-refractivity contribution in [2.45, 2.75) is 38.5 Å². The Labute approximate surface area is 134 Å². The second-order valence-corrected chi connectivity index (χ2v) is 6.21. The summed E-state index contributed by atoms with van der Waals surface area (Å²) in [7, 11) is 0. The number of alkyl halides is 3. The Morgan fingerprint density at radius 3 is 1.91 bits per heavy atom. The van der Waals surface area contributed by atoms with Gasteiger partial charge in [0.1, 0.15) is 5.75 Å².